The number of rotatable bonds is 3. The fourth-order valence-electron chi connectivity index (χ4n) is 2.08. The molecule has 1 aromatic rings. The van der Waals surface area contributed by atoms with Gasteiger partial charge >= 0.3 is 11.8 Å². The molecule has 2 amide bonds. The maximum atomic E-state index is 11.9. The van der Waals surface area contributed by atoms with E-state index in [9.17, 15) is 9.59 Å². The quantitative estimate of drug-likeness (QED) is 0.667. The van der Waals surface area contributed by atoms with Crippen LogP contribution in [0.15, 0.2) is 18.2 Å². The number of carbonyl (C=O) groups is 2. The van der Waals surface area contributed by atoms with Crippen LogP contribution in [0, 0.1) is 0 Å². The summed E-state index contributed by atoms with van der Waals surface area (Å²) in [5.41, 5.74) is 7.19. The van der Waals surface area contributed by atoms with Gasteiger partial charge in [0.1, 0.15) is 0 Å². The average molecular weight is 282 g/mol. The van der Waals surface area contributed by atoms with Crippen molar-refractivity contribution in [3.8, 4) is 0 Å². The first-order valence-corrected chi connectivity index (χ1v) is 6.52. The van der Waals surface area contributed by atoms with Gasteiger partial charge in [0.2, 0.25) is 0 Å². The topological polar surface area (TPSA) is 66.6 Å². The van der Waals surface area contributed by atoms with Crippen molar-refractivity contribution in [1.29, 1.82) is 0 Å². The van der Waals surface area contributed by atoms with Gasteiger partial charge in [-0.3, -0.25) is 9.59 Å². The third-order valence-electron chi connectivity index (χ3n) is 3.25. The summed E-state index contributed by atoms with van der Waals surface area (Å²) in [6, 6.07) is 5.15. The second-order valence-corrected chi connectivity index (χ2v) is 4.89. The summed E-state index contributed by atoms with van der Waals surface area (Å²) in [6.07, 6.45) is 0. The number of hydrogen-bond acceptors (Lipinski definition) is 3. The molecule has 1 fully saturated rings. The van der Waals surface area contributed by atoms with Crippen molar-refractivity contribution in [2.45, 2.75) is 13.5 Å². The Morgan fingerprint density at radius 3 is 2.47 bits per heavy atom. The first-order chi connectivity index (χ1) is 9.02. The Hall–Kier alpha value is -1.75. The summed E-state index contributed by atoms with van der Waals surface area (Å²) >= 11 is 5.83. The Balaban J connectivity index is 2.12. The standard InChI is InChI=1S/C13H16ClN3O2/c1-2-16-5-6-17(13(19)12(16)18)8-9-3-4-10(14)7-11(9)15/h3-4,7H,2,5-6,8,15H2,1H3. The molecule has 102 valence electrons. The summed E-state index contributed by atoms with van der Waals surface area (Å²) in [5, 5.41) is 0.555. The molecule has 1 aliphatic rings. The molecule has 0 aromatic heterocycles. The zero-order valence-electron chi connectivity index (χ0n) is 10.7. The van der Waals surface area contributed by atoms with Crippen LogP contribution in [-0.4, -0.2) is 41.2 Å². The van der Waals surface area contributed by atoms with Crippen molar-refractivity contribution >= 4 is 29.1 Å². The van der Waals surface area contributed by atoms with Crippen LogP contribution in [0.2, 0.25) is 5.02 Å². The number of likely N-dealkylation sites (N-methyl/N-ethyl adjacent to an activating group) is 1. The molecule has 0 saturated carbocycles. The normalized spacial score (nSPS) is 16.1. The van der Waals surface area contributed by atoms with Gasteiger partial charge in [0, 0.05) is 36.9 Å². The molecule has 2 rings (SSSR count). The molecule has 6 heteroatoms. The Bertz CT molecular complexity index is 519. The Kier molecular flexibility index (Phi) is 3.95. The third-order valence-corrected chi connectivity index (χ3v) is 3.48. The van der Waals surface area contributed by atoms with E-state index in [1.807, 2.05) is 6.92 Å². The highest BCUT2D eigenvalue weighted by Crippen LogP contribution is 2.20. The van der Waals surface area contributed by atoms with Gasteiger partial charge in [-0.1, -0.05) is 17.7 Å². The molecule has 1 heterocycles. The lowest BCUT2D eigenvalue weighted by molar-refractivity contribution is -0.156. The summed E-state index contributed by atoms with van der Waals surface area (Å²) < 4.78 is 0. The highest BCUT2D eigenvalue weighted by Gasteiger charge is 2.31. The molecule has 0 atom stereocenters. The molecular weight excluding hydrogens is 266 g/mol. The molecule has 5 nitrogen and oxygen atoms in total. The molecule has 1 saturated heterocycles. The number of carbonyl (C=O) groups excluding carboxylic acids is 2. The van der Waals surface area contributed by atoms with E-state index in [2.05, 4.69) is 0 Å². The maximum absolute atomic E-state index is 11.9. The molecule has 0 spiro atoms. The molecule has 2 N–H and O–H groups in total. The molecule has 19 heavy (non-hydrogen) atoms. The lowest BCUT2D eigenvalue weighted by Gasteiger charge is -2.33. The predicted molar refractivity (Wildman–Crippen MR) is 73.5 cm³/mol. The van der Waals surface area contributed by atoms with E-state index in [-0.39, 0.29) is 0 Å². The summed E-state index contributed by atoms with van der Waals surface area (Å²) in [7, 11) is 0. The van der Waals surface area contributed by atoms with E-state index in [4.69, 9.17) is 17.3 Å². The van der Waals surface area contributed by atoms with Crippen molar-refractivity contribution in [2.75, 3.05) is 25.4 Å². The second kappa shape index (κ2) is 5.48. The van der Waals surface area contributed by atoms with E-state index < -0.39 is 11.8 Å². The highest BCUT2D eigenvalue weighted by molar-refractivity contribution is 6.35. The van der Waals surface area contributed by atoms with Crippen LogP contribution in [0.1, 0.15) is 12.5 Å². The van der Waals surface area contributed by atoms with Gasteiger partial charge in [0.05, 0.1) is 0 Å². The van der Waals surface area contributed by atoms with Crippen LogP contribution in [0.3, 0.4) is 0 Å². The van der Waals surface area contributed by atoms with Crippen LogP contribution in [-0.2, 0) is 16.1 Å². The largest absolute Gasteiger partial charge is 0.398 e. The predicted octanol–water partition coefficient (Wildman–Crippen LogP) is 1.11. The zero-order valence-corrected chi connectivity index (χ0v) is 11.5. The average Bonchev–Trinajstić information content (AvgIpc) is 2.38. The molecular formula is C13H16ClN3O2. The number of nitrogens with zero attached hydrogens (tertiary/aromatic N) is 2. The summed E-state index contributed by atoms with van der Waals surface area (Å²) in [4.78, 5) is 26.8. The van der Waals surface area contributed by atoms with Crippen LogP contribution in [0.4, 0.5) is 5.69 Å². The molecule has 0 radical (unpaired) electrons. The molecule has 0 bridgehead atoms. The molecule has 0 aliphatic carbocycles. The number of anilines is 1. The SMILES string of the molecule is CCN1CCN(Cc2ccc(Cl)cc2N)C(=O)C1=O. The highest BCUT2D eigenvalue weighted by atomic mass is 35.5. The van der Waals surface area contributed by atoms with Crippen molar-refractivity contribution in [2.24, 2.45) is 0 Å². The summed E-state index contributed by atoms with van der Waals surface area (Å²) in [6.45, 7) is 3.85. The lowest BCUT2D eigenvalue weighted by atomic mass is 10.1. The molecule has 1 aliphatic heterocycles. The van der Waals surface area contributed by atoms with Crippen molar-refractivity contribution < 1.29 is 9.59 Å². The first kappa shape index (κ1) is 13.7. The Morgan fingerprint density at radius 2 is 1.84 bits per heavy atom. The fraction of sp³-hybridized carbons (Fsp3) is 0.385. The van der Waals surface area contributed by atoms with Gasteiger partial charge < -0.3 is 15.5 Å². The Labute approximate surface area is 116 Å². The van der Waals surface area contributed by atoms with E-state index in [0.29, 0.717) is 36.9 Å². The van der Waals surface area contributed by atoms with E-state index in [1.54, 1.807) is 23.1 Å². The minimum atomic E-state index is -0.470. The number of hydrogen-bond donors (Lipinski definition) is 1. The minimum Gasteiger partial charge on any atom is -0.398 e. The van der Waals surface area contributed by atoms with Crippen molar-refractivity contribution in [3.05, 3.63) is 28.8 Å². The smallest absolute Gasteiger partial charge is 0.312 e. The van der Waals surface area contributed by atoms with Gasteiger partial charge in [-0.25, -0.2) is 0 Å². The lowest BCUT2D eigenvalue weighted by Crippen LogP contribution is -2.53. The van der Waals surface area contributed by atoms with Gasteiger partial charge in [0.25, 0.3) is 0 Å². The van der Waals surface area contributed by atoms with Crippen LogP contribution >= 0.6 is 11.6 Å². The fourth-order valence-corrected chi connectivity index (χ4v) is 2.26. The zero-order chi connectivity index (χ0) is 14.0. The number of nitrogen functional groups attached to an aromatic ring is 1. The number of benzene rings is 1. The van der Waals surface area contributed by atoms with Crippen LogP contribution in [0.25, 0.3) is 0 Å². The van der Waals surface area contributed by atoms with Gasteiger partial charge in [-0.2, -0.15) is 0 Å². The number of halogens is 1. The monoisotopic (exact) mass is 281 g/mol. The first-order valence-electron chi connectivity index (χ1n) is 6.15. The number of nitrogens with two attached hydrogens (primary N) is 1. The number of piperazine rings is 1. The number of amides is 2. The van der Waals surface area contributed by atoms with Crippen molar-refractivity contribution in [1.82, 2.24) is 9.80 Å². The van der Waals surface area contributed by atoms with Crippen LogP contribution < -0.4 is 5.73 Å². The van der Waals surface area contributed by atoms with Gasteiger partial charge in [-0.05, 0) is 24.6 Å². The van der Waals surface area contributed by atoms with E-state index in [1.165, 1.54) is 4.90 Å². The summed E-state index contributed by atoms with van der Waals surface area (Å²) in [5.74, 6) is -0.913. The van der Waals surface area contributed by atoms with Crippen molar-refractivity contribution in [3.63, 3.8) is 0 Å². The Morgan fingerprint density at radius 1 is 1.21 bits per heavy atom. The third kappa shape index (κ3) is 2.81. The second-order valence-electron chi connectivity index (χ2n) is 4.45. The molecule has 0 unspecified atom stereocenters. The van der Waals surface area contributed by atoms with E-state index >= 15 is 0 Å². The minimum absolute atomic E-state index is 0.338. The van der Waals surface area contributed by atoms with Gasteiger partial charge in [0.15, 0.2) is 0 Å². The van der Waals surface area contributed by atoms with Crippen LogP contribution in [0.5, 0.6) is 0 Å². The molecule has 1 aromatic carbocycles. The van der Waals surface area contributed by atoms with E-state index in [0.717, 1.165) is 5.56 Å². The van der Waals surface area contributed by atoms with Gasteiger partial charge in [-0.15, -0.1) is 0 Å². The maximum Gasteiger partial charge on any atom is 0.312 e.